The summed E-state index contributed by atoms with van der Waals surface area (Å²) < 4.78 is 44.7. The van der Waals surface area contributed by atoms with Crippen LogP contribution >= 0.6 is 0 Å². The largest absolute Gasteiger partial charge is 0.489 e. The van der Waals surface area contributed by atoms with Crippen LogP contribution in [0.2, 0.25) is 0 Å². The van der Waals surface area contributed by atoms with Gasteiger partial charge in [-0.2, -0.15) is 13.2 Å². The number of alkyl halides is 3. The summed E-state index contributed by atoms with van der Waals surface area (Å²) >= 11 is 0. The molecule has 6 nitrogen and oxygen atoms in total. The number of carboxylic acids is 1. The number of rotatable bonds is 7. The minimum atomic E-state index is -4.39. The van der Waals surface area contributed by atoms with Crippen molar-refractivity contribution >= 4 is 5.97 Å². The second-order valence-electron chi connectivity index (χ2n) is 8.29. The van der Waals surface area contributed by atoms with E-state index in [0.717, 1.165) is 47.5 Å². The topological polar surface area (TPSA) is 75.6 Å². The van der Waals surface area contributed by atoms with Gasteiger partial charge in [0.25, 0.3) is 0 Å². The zero-order valence-corrected chi connectivity index (χ0v) is 18.6. The van der Waals surface area contributed by atoms with E-state index in [1.165, 1.54) is 6.07 Å². The minimum absolute atomic E-state index is 0.0306. The zero-order valence-electron chi connectivity index (χ0n) is 18.6. The molecule has 0 spiro atoms. The standard InChI is InChI=1S/C25H24F3N3O3/c1-16-2-5-20(25(26,27)28)12-18(16)15-34-21-6-3-17(4-7-21)24-29-13-19-14-31(11-9-23(32)33)10-8-22(19)30-24/h2-7,12-13H,8-11,14-15H2,1H3,(H,32,33). The number of hydrogen-bond donors (Lipinski definition) is 1. The molecule has 9 heteroatoms. The predicted molar refractivity (Wildman–Crippen MR) is 119 cm³/mol. The molecule has 0 fully saturated rings. The lowest BCUT2D eigenvalue weighted by molar-refractivity contribution is -0.138. The average Bonchev–Trinajstić information content (AvgIpc) is 2.81. The maximum atomic E-state index is 13.0. The number of nitrogens with zero attached hydrogens (tertiary/aromatic N) is 3. The molecular formula is C25H24F3N3O3. The summed E-state index contributed by atoms with van der Waals surface area (Å²) in [5.74, 6) is 0.306. The first-order valence-electron chi connectivity index (χ1n) is 10.9. The fourth-order valence-electron chi connectivity index (χ4n) is 3.82. The third-order valence-corrected chi connectivity index (χ3v) is 5.84. The van der Waals surface area contributed by atoms with Gasteiger partial charge in [0.2, 0.25) is 0 Å². The third kappa shape index (κ3) is 5.72. The van der Waals surface area contributed by atoms with Crippen LogP contribution in [-0.2, 0) is 30.5 Å². The highest BCUT2D eigenvalue weighted by atomic mass is 19.4. The number of carboxylic acid groups (broad SMARTS) is 1. The number of aryl methyl sites for hydroxylation is 1. The van der Waals surface area contributed by atoms with Crippen LogP contribution in [0.3, 0.4) is 0 Å². The molecule has 0 bridgehead atoms. The summed E-state index contributed by atoms with van der Waals surface area (Å²) in [5.41, 5.74) is 3.27. The van der Waals surface area contributed by atoms with Crippen molar-refractivity contribution in [3.63, 3.8) is 0 Å². The Kier molecular flexibility index (Phi) is 6.83. The highest BCUT2D eigenvalue weighted by Gasteiger charge is 2.30. The van der Waals surface area contributed by atoms with E-state index in [4.69, 9.17) is 9.84 Å². The van der Waals surface area contributed by atoms with Gasteiger partial charge in [0.15, 0.2) is 5.82 Å². The first-order chi connectivity index (χ1) is 16.2. The molecule has 4 rings (SSSR count). The average molecular weight is 471 g/mol. The highest BCUT2D eigenvalue weighted by Crippen LogP contribution is 2.31. The van der Waals surface area contributed by atoms with Crippen LogP contribution in [0, 0.1) is 6.92 Å². The SMILES string of the molecule is Cc1ccc(C(F)(F)F)cc1COc1ccc(-c2ncc3c(n2)CCN(CCC(=O)O)C3)cc1. The van der Waals surface area contributed by atoms with E-state index in [2.05, 4.69) is 14.9 Å². The van der Waals surface area contributed by atoms with Crippen molar-refractivity contribution in [2.45, 2.75) is 39.1 Å². The van der Waals surface area contributed by atoms with E-state index in [-0.39, 0.29) is 13.0 Å². The van der Waals surface area contributed by atoms with Crippen molar-refractivity contribution in [3.8, 4) is 17.1 Å². The number of aliphatic carboxylic acids is 1. The molecule has 0 aliphatic carbocycles. The molecule has 0 unspecified atom stereocenters. The quantitative estimate of drug-likeness (QED) is 0.529. The van der Waals surface area contributed by atoms with Crippen molar-refractivity contribution in [2.24, 2.45) is 0 Å². The highest BCUT2D eigenvalue weighted by molar-refractivity contribution is 5.66. The number of fused-ring (bicyclic) bond motifs is 1. The molecule has 1 aromatic heterocycles. The zero-order chi connectivity index (χ0) is 24.3. The Morgan fingerprint density at radius 2 is 1.94 bits per heavy atom. The van der Waals surface area contributed by atoms with Gasteiger partial charge in [-0.1, -0.05) is 6.07 Å². The molecule has 2 heterocycles. The lowest BCUT2D eigenvalue weighted by Gasteiger charge is -2.27. The summed E-state index contributed by atoms with van der Waals surface area (Å²) in [6.07, 6.45) is -1.78. The molecule has 1 N–H and O–H groups in total. The Bertz CT molecular complexity index is 1180. The number of aromatic nitrogens is 2. The van der Waals surface area contributed by atoms with Gasteiger partial charge in [0.1, 0.15) is 12.4 Å². The molecule has 3 aromatic rings. The smallest absolute Gasteiger partial charge is 0.416 e. The normalized spacial score (nSPS) is 14.0. The van der Waals surface area contributed by atoms with Crippen LogP contribution in [0.1, 0.15) is 34.4 Å². The Morgan fingerprint density at radius 3 is 2.65 bits per heavy atom. The van der Waals surface area contributed by atoms with Crippen molar-refractivity contribution in [1.82, 2.24) is 14.9 Å². The second kappa shape index (κ2) is 9.80. The van der Waals surface area contributed by atoms with Gasteiger partial charge in [-0.25, -0.2) is 9.97 Å². The molecule has 2 aromatic carbocycles. The maximum absolute atomic E-state index is 13.0. The van der Waals surface area contributed by atoms with E-state index in [0.29, 0.717) is 30.2 Å². The molecule has 0 atom stereocenters. The van der Waals surface area contributed by atoms with Gasteiger partial charge < -0.3 is 9.84 Å². The maximum Gasteiger partial charge on any atom is 0.416 e. The summed E-state index contributed by atoms with van der Waals surface area (Å²) in [5, 5.41) is 8.86. The predicted octanol–water partition coefficient (Wildman–Crippen LogP) is 4.88. The number of halogens is 3. The first kappa shape index (κ1) is 23.7. The Balaban J connectivity index is 1.40. The van der Waals surface area contributed by atoms with Gasteiger partial charge in [0.05, 0.1) is 17.7 Å². The third-order valence-electron chi connectivity index (χ3n) is 5.84. The van der Waals surface area contributed by atoms with Gasteiger partial charge in [0, 0.05) is 43.4 Å². The lowest BCUT2D eigenvalue weighted by atomic mass is 10.1. The molecule has 0 radical (unpaired) electrons. The summed E-state index contributed by atoms with van der Waals surface area (Å²) in [6, 6.07) is 10.8. The van der Waals surface area contributed by atoms with Crippen molar-refractivity contribution in [3.05, 3.63) is 76.6 Å². The van der Waals surface area contributed by atoms with Crippen molar-refractivity contribution in [1.29, 1.82) is 0 Å². The number of ether oxygens (including phenoxy) is 1. The number of carbonyl (C=O) groups is 1. The molecule has 0 amide bonds. The van der Waals surface area contributed by atoms with Crippen molar-refractivity contribution in [2.75, 3.05) is 13.1 Å². The molecule has 0 saturated heterocycles. The van der Waals surface area contributed by atoms with Crippen LogP contribution in [0.15, 0.2) is 48.7 Å². The van der Waals surface area contributed by atoms with E-state index < -0.39 is 17.7 Å². The summed E-state index contributed by atoms with van der Waals surface area (Å²) in [7, 11) is 0. The van der Waals surface area contributed by atoms with Crippen LogP contribution in [0.5, 0.6) is 5.75 Å². The first-order valence-corrected chi connectivity index (χ1v) is 10.9. The van der Waals surface area contributed by atoms with Gasteiger partial charge in [-0.3, -0.25) is 9.69 Å². The van der Waals surface area contributed by atoms with Gasteiger partial charge in [-0.05, 0) is 54.4 Å². The van der Waals surface area contributed by atoms with Gasteiger partial charge in [-0.15, -0.1) is 0 Å². The van der Waals surface area contributed by atoms with E-state index in [1.807, 2.05) is 12.1 Å². The van der Waals surface area contributed by atoms with E-state index in [1.54, 1.807) is 25.3 Å². The molecule has 0 saturated carbocycles. The van der Waals surface area contributed by atoms with E-state index >= 15 is 0 Å². The van der Waals surface area contributed by atoms with Crippen LogP contribution in [-0.4, -0.2) is 39.0 Å². The Hall–Kier alpha value is -3.46. The molecule has 1 aliphatic rings. The lowest BCUT2D eigenvalue weighted by Crippen LogP contribution is -2.33. The fraction of sp³-hybridized carbons (Fsp3) is 0.320. The molecule has 34 heavy (non-hydrogen) atoms. The monoisotopic (exact) mass is 471 g/mol. The molecule has 1 aliphatic heterocycles. The Morgan fingerprint density at radius 1 is 1.18 bits per heavy atom. The van der Waals surface area contributed by atoms with Crippen LogP contribution < -0.4 is 4.74 Å². The molecule has 178 valence electrons. The van der Waals surface area contributed by atoms with Crippen LogP contribution in [0.4, 0.5) is 13.2 Å². The Labute approximate surface area is 195 Å². The van der Waals surface area contributed by atoms with E-state index in [9.17, 15) is 18.0 Å². The summed E-state index contributed by atoms with van der Waals surface area (Å²) in [6.45, 7) is 3.66. The van der Waals surface area contributed by atoms with Crippen LogP contribution in [0.25, 0.3) is 11.4 Å². The van der Waals surface area contributed by atoms with Gasteiger partial charge >= 0.3 is 12.1 Å². The fourth-order valence-corrected chi connectivity index (χ4v) is 3.82. The minimum Gasteiger partial charge on any atom is -0.489 e. The van der Waals surface area contributed by atoms with Crippen molar-refractivity contribution < 1.29 is 27.8 Å². The number of benzene rings is 2. The summed E-state index contributed by atoms with van der Waals surface area (Å²) in [4.78, 5) is 22.0. The molecular weight excluding hydrogens is 447 g/mol. The second-order valence-corrected chi connectivity index (χ2v) is 8.29. The number of hydrogen-bond acceptors (Lipinski definition) is 5.